The van der Waals surface area contributed by atoms with Gasteiger partial charge in [-0.25, -0.2) is 0 Å². The molecule has 0 saturated carbocycles. The van der Waals surface area contributed by atoms with Gasteiger partial charge in [0.2, 0.25) is 0 Å². The summed E-state index contributed by atoms with van der Waals surface area (Å²) in [6.07, 6.45) is 34.5. The summed E-state index contributed by atoms with van der Waals surface area (Å²) in [5, 5.41) is 0. The number of rotatable bonds is 31. The molecule has 83 heavy (non-hydrogen) atoms. The minimum absolute atomic E-state index is 0.507. The van der Waals surface area contributed by atoms with Crippen molar-refractivity contribution in [2.45, 2.75) is 214 Å². The molecule has 0 heterocycles. The molecule has 6 aromatic rings. The first-order valence-corrected chi connectivity index (χ1v) is 32.5. The van der Waals surface area contributed by atoms with Crippen LogP contribution in [0.1, 0.15) is 266 Å². The molecule has 0 bridgehead atoms. The standard InChI is InChI=1S/C82H96O/c1-7-13-19-20-21-22-23-24-30-66-83-82-80(64-59-75-52-42-70(43-53-75)34-28-17-11-5)78(62-57-73-48-38-68(39-49-73)32-26-15-9-3)77(61-56-72-46-36-67(37-47-72)31-25-14-8-2)79(63-58-74-50-40-69(41-51-74)33-27-16-10-4)81(82)65-60-76-54-44-71(45-55-76)35-29-18-12-6/h7,36-55H,1,8-35,66H2,2-6H3. The Bertz CT molecular complexity index is 3010. The van der Waals surface area contributed by atoms with E-state index in [2.05, 4.69) is 222 Å². The van der Waals surface area contributed by atoms with Crippen molar-refractivity contribution in [2.24, 2.45) is 0 Å². The van der Waals surface area contributed by atoms with Gasteiger partial charge in [-0.2, -0.15) is 0 Å². The van der Waals surface area contributed by atoms with Crippen LogP contribution in [0.2, 0.25) is 0 Å². The predicted octanol–water partition coefficient (Wildman–Crippen LogP) is 21.0. The molecule has 0 aliphatic rings. The molecule has 0 unspecified atom stereocenters. The molecule has 0 aromatic heterocycles. The Morgan fingerprint density at radius 2 is 0.518 bits per heavy atom. The van der Waals surface area contributed by atoms with E-state index in [0.717, 1.165) is 85.6 Å². The number of hydrogen-bond acceptors (Lipinski definition) is 1. The van der Waals surface area contributed by atoms with Crippen LogP contribution in [0.3, 0.4) is 0 Å². The molecule has 0 atom stereocenters. The third kappa shape index (κ3) is 23.8. The Labute approximate surface area is 505 Å². The van der Waals surface area contributed by atoms with Gasteiger partial charge < -0.3 is 4.74 Å². The molecule has 0 aliphatic carbocycles. The van der Waals surface area contributed by atoms with Gasteiger partial charge in [0.05, 0.1) is 34.4 Å². The van der Waals surface area contributed by atoms with E-state index in [9.17, 15) is 0 Å². The molecule has 0 radical (unpaired) electrons. The van der Waals surface area contributed by atoms with E-state index in [0.29, 0.717) is 40.2 Å². The number of unbranched alkanes of at least 4 members (excludes halogenated alkanes) is 17. The summed E-state index contributed by atoms with van der Waals surface area (Å²) in [7, 11) is 0. The van der Waals surface area contributed by atoms with E-state index in [-0.39, 0.29) is 0 Å². The van der Waals surface area contributed by atoms with E-state index >= 15 is 0 Å². The highest BCUT2D eigenvalue weighted by molar-refractivity contribution is 5.78. The Morgan fingerprint density at radius 3 is 0.783 bits per heavy atom. The second-order valence-corrected chi connectivity index (χ2v) is 22.6. The summed E-state index contributed by atoms with van der Waals surface area (Å²) >= 11 is 0. The molecule has 0 amide bonds. The molecule has 430 valence electrons. The topological polar surface area (TPSA) is 9.23 Å². The molecule has 6 rings (SSSR count). The number of aryl methyl sites for hydroxylation is 5. The van der Waals surface area contributed by atoms with Gasteiger partial charge in [0.15, 0.2) is 5.75 Å². The largest absolute Gasteiger partial charge is 0.491 e. The Hall–Kier alpha value is -7.34. The van der Waals surface area contributed by atoms with Crippen LogP contribution in [-0.4, -0.2) is 6.61 Å². The molecule has 1 nitrogen and oxygen atoms in total. The minimum Gasteiger partial charge on any atom is -0.491 e. The van der Waals surface area contributed by atoms with Crippen molar-refractivity contribution in [3.63, 3.8) is 0 Å². The quantitative estimate of drug-likeness (QED) is 0.0239. The number of hydrogen-bond donors (Lipinski definition) is 0. The van der Waals surface area contributed by atoms with Crippen LogP contribution in [-0.2, 0) is 32.1 Å². The van der Waals surface area contributed by atoms with Gasteiger partial charge in [0.1, 0.15) is 0 Å². The van der Waals surface area contributed by atoms with Gasteiger partial charge in [-0.05, 0) is 172 Å². The van der Waals surface area contributed by atoms with Crippen molar-refractivity contribution in [3.8, 4) is 65.0 Å². The second-order valence-electron chi connectivity index (χ2n) is 22.6. The zero-order chi connectivity index (χ0) is 58.4. The predicted molar refractivity (Wildman–Crippen MR) is 357 cm³/mol. The van der Waals surface area contributed by atoms with Crippen LogP contribution >= 0.6 is 0 Å². The summed E-state index contributed by atoms with van der Waals surface area (Å²) in [5.74, 6) is 37.4. The Morgan fingerprint density at radius 1 is 0.277 bits per heavy atom. The lowest BCUT2D eigenvalue weighted by molar-refractivity contribution is 0.302. The lowest BCUT2D eigenvalue weighted by atomic mass is 9.89. The SMILES string of the molecule is C=CCCCCCCCCCOc1c(C#Cc2ccc(CCCCC)cc2)c(C#Cc2ccc(CCCCC)cc2)c(C#Cc2ccc(CCCCC)cc2)c(C#Cc2ccc(CCCCC)cc2)c1C#Cc1ccc(CCCCC)cc1. The van der Waals surface area contributed by atoms with Gasteiger partial charge >= 0.3 is 0 Å². The Balaban J connectivity index is 1.64. The monoisotopic (exact) mass is 1100 g/mol. The zero-order valence-electron chi connectivity index (χ0n) is 51.7. The van der Waals surface area contributed by atoms with Crippen molar-refractivity contribution in [1.82, 2.24) is 0 Å². The first kappa shape index (κ1) is 64.8. The normalized spacial score (nSPS) is 10.5. The third-order valence-electron chi connectivity index (χ3n) is 15.5. The average Bonchev–Trinajstić information content (AvgIpc) is 3.65. The lowest BCUT2D eigenvalue weighted by Crippen LogP contribution is -2.08. The van der Waals surface area contributed by atoms with Gasteiger partial charge in [-0.3, -0.25) is 0 Å². The van der Waals surface area contributed by atoms with Crippen molar-refractivity contribution in [1.29, 1.82) is 0 Å². The van der Waals surface area contributed by atoms with Crippen LogP contribution in [0.5, 0.6) is 5.75 Å². The third-order valence-corrected chi connectivity index (χ3v) is 15.5. The molecule has 1 heteroatoms. The average molecular weight is 1100 g/mol. The van der Waals surface area contributed by atoms with Gasteiger partial charge in [-0.15, -0.1) is 6.58 Å². The second kappa shape index (κ2) is 39.2. The summed E-state index contributed by atoms with van der Waals surface area (Å²) in [6, 6.07) is 43.9. The highest BCUT2D eigenvalue weighted by Crippen LogP contribution is 2.35. The minimum atomic E-state index is 0.507. The van der Waals surface area contributed by atoms with Crippen LogP contribution in [0.15, 0.2) is 134 Å². The number of benzene rings is 6. The van der Waals surface area contributed by atoms with Crippen molar-refractivity contribution >= 4 is 0 Å². The molecule has 6 aromatic carbocycles. The fourth-order valence-electron chi connectivity index (χ4n) is 10.3. The van der Waals surface area contributed by atoms with Crippen molar-refractivity contribution in [3.05, 3.63) is 217 Å². The van der Waals surface area contributed by atoms with Gasteiger partial charge in [-0.1, -0.05) is 257 Å². The fraction of sp³-hybridized carbons (Fsp3) is 0.415. The summed E-state index contributed by atoms with van der Waals surface area (Å²) < 4.78 is 7.23. The Kier molecular flexibility index (Phi) is 30.6. The lowest BCUT2D eigenvalue weighted by Gasteiger charge is -2.17. The summed E-state index contributed by atoms with van der Waals surface area (Å²) in [4.78, 5) is 0. The molecule has 0 aliphatic heterocycles. The highest BCUT2D eigenvalue weighted by Gasteiger charge is 2.23. The number of ether oxygens (including phenoxy) is 1. The molecular weight excluding hydrogens is 1000 g/mol. The van der Waals surface area contributed by atoms with E-state index in [1.165, 1.54) is 150 Å². The first-order valence-electron chi connectivity index (χ1n) is 32.5. The molecule has 0 spiro atoms. The molecular formula is C82H96O. The first-order chi connectivity index (χ1) is 40.9. The van der Waals surface area contributed by atoms with Crippen molar-refractivity contribution in [2.75, 3.05) is 6.61 Å². The molecule has 0 fully saturated rings. The van der Waals surface area contributed by atoms with Crippen LogP contribution in [0.25, 0.3) is 0 Å². The maximum atomic E-state index is 7.23. The zero-order valence-corrected chi connectivity index (χ0v) is 51.7. The molecule has 0 N–H and O–H groups in total. The highest BCUT2D eigenvalue weighted by atomic mass is 16.5. The van der Waals surface area contributed by atoms with E-state index in [1.807, 2.05) is 6.08 Å². The molecule has 0 saturated heterocycles. The van der Waals surface area contributed by atoms with Crippen LogP contribution < -0.4 is 4.74 Å². The maximum absolute atomic E-state index is 7.23. The maximum Gasteiger partial charge on any atom is 0.153 e. The fourth-order valence-corrected chi connectivity index (χ4v) is 10.3. The van der Waals surface area contributed by atoms with Gasteiger partial charge in [0.25, 0.3) is 0 Å². The van der Waals surface area contributed by atoms with Gasteiger partial charge in [0, 0.05) is 27.8 Å². The van der Waals surface area contributed by atoms with E-state index in [1.54, 1.807) is 0 Å². The van der Waals surface area contributed by atoms with Crippen LogP contribution in [0.4, 0.5) is 0 Å². The number of allylic oxidation sites excluding steroid dienone is 1. The summed E-state index contributed by atoms with van der Waals surface area (Å²) in [5.41, 5.74) is 14.8. The van der Waals surface area contributed by atoms with Crippen LogP contribution in [0, 0.1) is 59.2 Å². The smallest absolute Gasteiger partial charge is 0.153 e. The van der Waals surface area contributed by atoms with Crippen molar-refractivity contribution < 1.29 is 4.74 Å². The van der Waals surface area contributed by atoms with E-state index < -0.39 is 0 Å². The van der Waals surface area contributed by atoms with E-state index in [4.69, 9.17) is 4.74 Å². The summed E-state index contributed by atoms with van der Waals surface area (Å²) in [6.45, 7) is 15.7.